The Morgan fingerprint density at radius 2 is 2.36 bits per heavy atom. The molecule has 0 bridgehead atoms. The molecule has 0 amide bonds. The molecule has 5 heteroatoms. The molecular formula is C9H12N2O3. The molecule has 0 saturated carbocycles. The zero-order valence-electron chi connectivity index (χ0n) is 7.63. The van der Waals surface area contributed by atoms with E-state index >= 15 is 0 Å². The molecule has 5 nitrogen and oxygen atoms in total. The normalized spacial score (nSPS) is 17.3. The number of hydrogen-bond acceptors (Lipinski definition) is 3. The van der Waals surface area contributed by atoms with Gasteiger partial charge in [0.05, 0.1) is 13.0 Å². The Balaban J connectivity index is 2.39. The largest absolute Gasteiger partial charge is 0.491 e. The highest BCUT2D eigenvalue weighted by molar-refractivity contribution is 5.92. The van der Waals surface area contributed by atoms with Crippen molar-refractivity contribution in [2.45, 2.75) is 12.5 Å². The Hall–Kier alpha value is -1.42. The third-order valence-corrected chi connectivity index (χ3v) is 1.73. The number of hydrogen-bond donors (Lipinski definition) is 2. The van der Waals surface area contributed by atoms with Crippen LogP contribution in [-0.2, 0) is 4.74 Å². The Labute approximate surface area is 81.6 Å². The first-order valence-electron chi connectivity index (χ1n) is 4.27. The summed E-state index contributed by atoms with van der Waals surface area (Å²) >= 11 is 0. The minimum absolute atomic E-state index is 0.0538. The van der Waals surface area contributed by atoms with Crippen LogP contribution < -0.4 is 0 Å². The molecule has 1 rings (SSSR count). The van der Waals surface area contributed by atoms with Crippen molar-refractivity contribution in [2.75, 3.05) is 13.2 Å². The van der Waals surface area contributed by atoms with Crippen LogP contribution in [-0.4, -0.2) is 40.0 Å². The van der Waals surface area contributed by atoms with Crippen molar-refractivity contribution in [2.24, 2.45) is 0 Å². The van der Waals surface area contributed by atoms with E-state index in [9.17, 15) is 0 Å². The van der Waals surface area contributed by atoms with Gasteiger partial charge in [0.25, 0.3) is 5.71 Å². The molecule has 1 atom stereocenters. The molecule has 0 radical (unpaired) electrons. The molecule has 0 heterocycles. The van der Waals surface area contributed by atoms with Crippen LogP contribution >= 0.6 is 0 Å². The summed E-state index contributed by atoms with van der Waals surface area (Å²) in [6.07, 6.45) is 4.64. The Bertz CT molecular complexity index is 303. The molecule has 0 spiro atoms. The van der Waals surface area contributed by atoms with Gasteiger partial charge in [-0.2, -0.15) is 4.79 Å². The number of rotatable bonds is 4. The Kier molecular flexibility index (Phi) is 4.07. The highest BCUT2D eigenvalue weighted by Crippen LogP contribution is 2.08. The highest BCUT2D eigenvalue weighted by atomic mass is 16.5. The lowest BCUT2D eigenvalue weighted by Gasteiger charge is -2.11. The van der Waals surface area contributed by atoms with E-state index in [1.807, 2.05) is 0 Å². The van der Waals surface area contributed by atoms with E-state index in [0.717, 1.165) is 0 Å². The van der Waals surface area contributed by atoms with Crippen LogP contribution in [0.2, 0.25) is 0 Å². The number of aliphatic hydroxyl groups is 2. The molecule has 0 aromatic rings. The molecule has 0 aromatic heterocycles. The van der Waals surface area contributed by atoms with Crippen molar-refractivity contribution < 1.29 is 19.7 Å². The predicted octanol–water partition coefficient (Wildman–Crippen LogP) is -0.129. The maximum Gasteiger partial charge on any atom is 0.296 e. The van der Waals surface area contributed by atoms with Crippen LogP contribution in [0.4, 0.5) is 0 Å². The van der Waals surface area contributed by atoms with Crippen molar-refractivity contribution in [3.8, 4) is 0 Å². The van der Waals surface area contributed by atoms with Gasteiger partial charge in [-0.05, 0) is 12.2 Å². The van der Waals surface area contributed by atoms with Crippen LogP contribution in [0.15, 0.2) is 24.0 Å². The Morgan fingerprint density at radius 3 is 2.86 bits per heavy atom. The lowest BCUT2D eigenvalue weighted by Crippen LogP contribution is -2.19. The molecule has 1 aliphatic rings. The number of nitrogens with zero attached hydrogens (tertiary/aromatic N) is 2. The van der Waals surface area contributed by atoms with Gasteiger partial charge >= 0.3 is 0 Å². The molecule has 2 N–H and O–H groups in total. The summed E-state index contributed by atoms with van der Waals surface area (Å²) in [4.78, 5) is 3.03. The van der Waals surface area contributed by atoms with E-state index < -0.39 is 6.10 Å². The smallest absolute Gasteiger partial charge is 0.296 e. The first-order chi connectivity index (χ1) is 6.76. The van der Waals surface area contributed by atoms with E-state index in [2.05, 4.69) is 4.79 Å². The molecule has 0 aromatic carbocycles. The maximum atomic E-state index is 9.00. The zero-order chi connectivity index (χ0) is 10.4. The molecule has 0 fully saturated rings. The summed E-state index contributed by atoms with van der Waals surface area (Å²) in [5.74, 6) is 0.602. The van der Waals surface area contributed by atoms with E-state index in [1.165, 1.54) is 0 Å². The van der Waals surface area contributed by atoms with E-state index in [0.29, 0.717) is 17.9 Å². The summed E-state index contributed by atoms with van der Waals surface area (Å²) in [5, 5.41) is 17.5. The van der Waals surface area contributed by atoms with Crippen molar-refractivity contribution in [3.63, 3.8) is 0 Å². The van der Waals surface area contributed by atoms with Crippen molar-refractivity contribution in [1.82, 2.24) is 0 Å². The third-order valence-electron chi connectivity index (χ3n) is 1.73. The molecule has 1 unspecified atom stereocenters. The molecule has 0 saturated heterocycles. The minimum atomic E-state index is -0.864. The Morgan fingerprint density at radius 1 is 1.57 bits per heavy atom. The quantitative estimate of drug-likeness (QED) is 0.485. The number of ether oxygens (including phenoxy) is 1. The first kappa shape index (κ1) is 10.7. The minimum Gasteiger partial charge on any atom is -0.491 e. The molecule has 1 aliphatic carbocycles. The average Bonchev–Trinajstić information content (AvgIpc) is 2.26. The fraction of sp³-hybridized carbons (Fsp3) is 0.444. The topological polar surface area (TPSA) is 86.1 Å². The second-order valence-electron chi connectivity index (χ2n) is 2.88. The standard InChI is InChI=1S/C9H12N2O3/c10-11-7-1-3-9(4-2-7)14-6-8(13)5-12/h1,3-4,8,12-13H,2,5-6H2. The van der Waals surface area contributed by atoms with Crippen LogP contribution in [0.3, 0.4) is 0 Å². The fourth-order valence-corrected chi connectivity index (χ4v) is 0.946. The summed E-state index contributed by atoms with van der Waals surface area (Å²) in [7, 11) is 0. The van der Waals surface area contributed by atoms with E-state index in [1.54, 1.807) is 18.2 Å². The van der Waals surface area contributed by atoms with Crippen molar-refractivity contribution in [3.05, 3.63) is 29.5 Å². The first-order valence-corrected chi connectivity index (χ1v) is 4.27. The van der Waals surface area contributed by atoms with Gasteiger partial charge < -0.3 is 20.5 Å². The second kappa shape index (κ2) is 5.34. The summed E-state index contributed by atoms with van der Waals surface area (Å²) in [6, 6.07) is 0. The molecule has 14 heavy (non-hydrogen) atoms. The van der Waals surface area contributed by atoms with Gasteiger partial charge in [-0.15, -0.1) is 0 Å². The average molecular weight is 196 g/mol. The van der Waals surface area contributed by atoms with Gasteiger partial charge in [0.2, 0.25) is 0 Å². The predicted molar refractivity (Wildman–Crippen MR) is 49.5 cm³/mol. The fourth-order valence-electron chi connectivity index (χ4n) is 0.946. The highest BCUT2D eigenvalue weighted by Gasteiger charge is 2.10. The lowest BCUT2D eigenvalue weighted by molar-refractivity contribution is -0.00578. The SMILES string of the molecule is [N-]=[N+]=C1C=CC(OCC(O)CO)=CC1. The van der Waals surface area contributed by atoms with Crippen LogP contribution in [0.5, 0.6) is 0 Å². The van der Waals surface area contributed by atoms with Crippen molar-refractivity contribution in [1.29, 1.82) is 0 Å². The van der Waals surface area contributed by atoms with Gasteiger partial charge in [-0.3, -0.25) is 0 Å². The van der Waals surface area contributed by atoms with E-state index in [4.69, 9.17) is 20.5 Å². The zero-order valence-corrected chi connectivity index (χ0v) is 7.63. The molecular weight excluding hydrogens is 184 g/mol. The summed E-state index contributed by atoms with van der Waals surface area (Å²) < 4.78 is 5.16. The lowest BCUT2D eigenvalue weighted by atomic mass is 10.1. The summed E-state index contributed by atoms with van der Waals surface area (Å²) in [5.41, 5.74) is 8.98. The van der Waals surface area contributed by atoms with Crippen LogP contribution in [0.25, 0.3) is 5.53 Å². The van der Waals surface area contributed by atoms with Crippen LogP contribution in [0.1, 0.15) is 6.42 Å². The third kappa shape index (κ3) is 3.14. The molecule has 76 valence electrons. The maximum absolute atomic E-state index is 9.00. The summed E-state index contributed by atoms with van der Waals surface area (Å²) in [6.45, 7) is -0.265. The van der Waals surface area contributed by atoms with Crippen molar-refractivity contribution >= 4 is 5.71 Å². The van der Waals surface area contributed by atoms with Gasteiger partial charge in [0, 0.05) is 6.08 Å². The van der Waals surface area contributed by atoms with Crippen LogP contribution in [0, 0.1) is 0 Å². The monoisotopic (exact) mass is 196 g/mol. The van der Waals surface area contributed by atoms with Gasteiger partial charge in [-0.25, -0.2) is 0 Å². The van der Waals surface area contributed by atoms with Gasteiger partial charge in [0.15, 0.2) is 0 Å². The van der Waals surface area contributed by atoms with Gasteiger partial charge in [-0.1, -0.05) is 0 Å². The second-order valence-corrected chi connectivity index (χ2v) is 2.88. The number of aliphatic hydroxyl groups excluding tert-OH is 2. The molecule has 0 aliphatic heterocycles. The van der Waals surface area contributed by atoms with Gasteiger partial charge in [0.1, 0.15) is 18.5 Å². The van der Waals surface area contributed by atoms with E-state index in [-0.39, 0.29) is 13.2 Å². The number of allylic oxidation sites excluding steroid dienone is 3.